The molecule has 31 heteroatoms. The molecule has 3 aliphatic rings. The number of ether oxygens (including phenoxy) is 1. The molecule has 2 saturated heterocycles. The fraction of sp³-hybridized carbons (Fsp3) is 0.300. The van der Waals surface area contributed by atoms with Crippen LogP contribution in [0.4, 0.5) is 4.79 Å². The van der Waals surface area contributed by atoms with Gasteiger partial charge in [0.2, 0.25) is 11.8 Å². The van der Waals surface area contributed by atoms with Crippen molar-refractivity contribution in [1.82, 2.24) is 66.0 Å². The number of likely N-dealkylation sites (tertiary alicyclic amines) is 1. The Balaban J connectivity index is 0.957. The zero-order valence-corrected chi connectivity index (χ0v) is 53.3. The molecule has 7 atom stereocenters. The minimum atomic E-state index is -1.43. The van der Waals surface area contributed by atoms with E-state index >= 15 is 4.79 Å². The molecule has 25 nitrogen and oxygen atoms in total. The summed E-state index contributed by atoms with van der Waals surface area (Å²) in [4.78, 5) is 136. The van der Waals surface area contributed by atoms with Crippen molar-refractivity contribution >= 4 is 110 Å². The number of nitrogens with two attached hydrogens (primary N) is 2. The number of aliphatic hydroxyl groups is 1. The number of benzene rings is 2. The number of nitrogens with zero attached hydrogens (tertiary/aromatic N) is 9. The summed E-state index contributed by atoms with van der Waals surface area (Å²) in [5.74, 6) is -4.81. The van der Waals surface area contributed by atoms with Gasteiger partial charge in [-0.25, -0.2) is 39.7 Å². The van der Waals surface area contributed by atoms with Gasteiger partial charge in [-0.15, -0.1) is 68.0 Å². The smallest absolute Gasteiger partial charge is 0.407 e. The number of pyridine rings is 1. The monoisotopic (exact) mass is 1340 g/mol. The topological polar surface area (TPSA) is 366 Å². The van der Waals surface area contributed by atoms with E-state index in [1.54, 1.807) is 71.8 Å². The van der Waals surface area contributed by atoms with E-state index in [1.165, 1.54) is 62.3 Å². The predicted octanol–water partition coefficient (Wildman–Crippen LogP) is 7.22. The first kappa shape index (κ1) is 62.4. The zero-order chi connectivity index (χ0) is 63.6. The summed E-state index contributed by atoms with van der Waals surface area (Å²) in [5.41, 5.74) is 14.1. The van der Waals surface area contributed by atoms with E-state index < -0.39 is 90.3 Å². The normalized spacial score (nSPS) is 20.1. The molecule has 0 spiro atoms. The summed E-state index contributed by atoms with van der Waals surface area (Å²) in [6.45, 7) is 6.31. The molecule has 9 aromatic rings. The Morgan fingerprint density at radius 2 is 1.35 bits per heavy atom. The molecule has 468 valence electrons. The van der Waals surface area contributed by atoms with Gasteiger partial charge >= 0.3 is 6.09 Å². The number of thiazole rings is 6. The largest absolute Gasteiger partial charge is 0.508 e. The van der Waals surface area contributed by atoms with Crippen LogP contribution < -0.4 is 32.7 Å². The third-order valence-corrected chi connectivity index (χ3v) is 21.1. The number of aryl methyl sites for hydroxylation is 1. The van der Waals surface area contributed by atoms with Crippen LogP contribution in [0.3, 0.4) is 0 Å². The van der Waals surface area contributed by atoms with E-state index in [0.29, 0.717) is 77.5 Å². The standard InChI is InChI=1S/C60H57N15O10S6/c1-28-42(85-60(84)63-16-19-74-17-6-7-18-74)22-75-47(28)58-71-41(27-90-58)55-67-37(23-87-55)45-33(14-15-34(64-45)54-68-38(24-88-54)49(62)79)53-69-39(25-86-53)50(80)65-35(21-43(61)77)56-73-44(29(2)91-56)52(82)72-46(48(78)31-8-4-3-5-9-31)57-70-40(26-89-57)51(81)66-36(59(75)83)20-30-10-12-32(76)13-11-30/h3-5,8-15,23-28,35-36,42,46-48,76,78H,6-7,16-22H2,1-2H3,(H2,61,77)(H2,62,79)(H,63,84)(H,65,80)(H,66,81)(H,72,82)/t28-,35-,36?,42-,46-,47-,48+/m0/s1. The van der Waals surface area contributed by atoms with Crippen LogP contribution in [0.1, 0.15) is 123 Å². The molecular weight excluding hydrogens is 1280 g/mol. The fourth-order valence-corrected chi connectivity index (χ4v) is 16.3. The number of phenolic OH excluding ortho intramolecular Hbond substituents is 1. The minimum absolute atomic E-state index is 0.0148. The van der Waals surface area contributed by atoms with Crippen LogP contribution in [0.15, 0.2) is 93.6 Å². The second-order valence-corrected chi connectivity index (χ2v) is 27.4. The van der Waals surface area contributed by atoms with Crippen LogP contribution in [0.2, 0.25) is 0 Å². The average molecular weight is 1340 g/mol. The number of carbonyl (C=O) groups excluding carboxylic acids is 7. The molecule has 0 radical (unpaired) electrons. The molecule has 7 aromatic heterocycles. The summed E-state index contributed by atoms with van der Waals surface area (Å²) < 4.78 is 6.15. The van der Waals surface area contributed by atoms with Crippen LogP contribution in [0.25, 0.3) is 43.4 Å². The second-order valence-electron chi connectivity index (χ2n) is 21.8. The van der Waals surface area contributed by atoms with Crippen molar-refractivity contribution < 1.29 is 48.5 Å². The summed E-state index contributed by atoms with van der Waals surface area (Å²) in [7, 11) is 0. The number of rotatable bonds is 12. The predicted molar refractivity (Wildman–Crippen MR) is 342 cm³/mol. The average Bonchev–Trinajstić information content (AvgIpc) is 1.67. The van der Waals surface area contributed by atoms with E-state index in [2.05, 4.69) is 41.1 Å². The van der Waals surface area contributed by atoms with Gasteiger partial charge in [-0.2, -0.15) is 0 Å². The van der Waals surface area contributed by atoms with Crippen molar-refractivity contribution in [3.63, 3.8) is 0 Å². The molecule has 2 aromatic carbocycles. The number of hydrogen-bond acceptors (Lipinski definition) is 24. The number of nitrogens with one attached hydrogen (secondary N) is 4. The number of carbonyl (C=O) groups is 7. The van der Waals surface area contributed by atoms with Gasteiger partial charge in [-0.3, -0.25) is 28.8 Å². The number of primary amides is 2. The van der Waals surface area contributed by atoms with E-state index in [4.69, 9.17) is 36.1 Å². The van der Waals surface area contributed by atoms with Crippen LogP contribution >= 0.6 is 68.0 Å². The van der Waals surface area contributed by atoms with E-state index in [9.17, 15) is 39.0 Å². The highest BCUT2D eigenvalue weighted by Crippen LogP contribution is 2.44. The molecule has 10 heterocycles. The van der Waals surface area contributed by atoms with Gasteiger partial charge < -0.3 is 57.5 Å². The van der Waals surface area contributed by atoms with Crippen molar-refractivity contribution in [3.05, 3.63) is 147 Å². The maximum Gasteiger partial charge on any atom is 0.407 e. The van der Waals surface area contributed by atoms with Gasteiger partial charge in [0.25, 0.3) is 23.6 Å². The lowest BCUT2D eigenvalue weighted by Gasteiger charge is -2.29. The summed E-state index contributed by atoms with van der Waals surface area (Å²) in [6, 6.07) is 13.6. The quantitative estimate of drug-likeness (QED) is 0.0598. The third-order valence-electron chi connectivity index (χ3n) is 15.6. The second kappa shape index (κ2) is 26.9. The van der Waals surface area contributed by atoms with Gasteiger partial charge in [0.15, 0.2) is 0 Å². The molecule has 2 fully saturated rings. The van der Waals surface area contributed by atoms with E-state index in [0.717, 1.165) is 59.9 Å². The molecule has 10 N–H and O–H groups in total. The number of amides is 7. The maximum absolute atomic E-state index is 15.7. The Labute approximate surface area is 543 Å². The Morgan fingerprint density at radius 3 is 2.10 bits per heavy atom. The third kappa shape index (κ3) is 13.8. The molecule has 12 rings (SSSR count). The van der Waals surface area contributed by atoms with Gasteiger partial charge in [-0.05, 0) is 68.2 Å². The Morgan fingerprint density at radius 1 is 0.692 bits per heavy atom. The Hall–Kier alpha value is -8.82. The van der Waals surface area contributed by atoms with Crippen LogP contribution in [0, 0.1) is 12.8 Å². The number of aliphatic hydroxyl groups excluding tert-OH is 1. The first-order valence-corrected chi connectivity index (χ1v) is 33.9. The fourth-order valence-electron chi connectivity index (χ4n) is 10.9. The van der Waals surface area contributed by atoms with Crippen LogP contribution in [-0.2, 0) is 20.7 Å². The lowest BCUT2D eigenvalue weighted by Crippen LogP contribution is -2.50. The summed E-state index contributed by atoms with van der Waals surface area (Å²) in [6.07, 6.45) is -1.21. The Kier molecular flexibility index (Phi) is 18.5. The lowest BCUT2D eigenvalue weighted by molar-refractivity contribution is -0.134. The number of phenols is 1. The molecule has 7 amide bonds. The molecule has 1 unspecified atom stereocenters. The molecular formula is C60H57N15O10S6. The zero-order valence-electron chi connectivity index (χ0n) is 48.4. The minimum Gasteiger partial charge on any atom is -0.508 e. The van der Waals surface area contributed by atoms with Crippen molar-refractivity contribution in [2.75, 3.05) is 32.7 Å². The number of aromatic nitrogens is 7. The van der Waals surface area contributed by atoms with Crippen molar-refractivity contribution in [2.24, 2.45) is 17.4 Å². The lowest BCUT2D eigenvalue weighted by atomic mass is 10.00. The van der Waals surface area contributed by atoms with Crippen molar-refractivity contribution in [2.45, 2.75) is 75.9 Å². The number of hydrogen-bond donors (Lipinski definition) is 8. The summed E-state index contributed by atoms with van der Waals surface area (Å²) in [5, 5.41) is 44.0. The van der Waals surface area contributed by atoms with E-state index in [-0.39, 0.29) is 51.5 Å². The first-order valence-electron chi connectivity index (χ1n) is 28.7. The molecule has 10 bridgehead atoms. The van der Waals surface area contributed by atoms with Crippen molar-refractivity contribution in [3.8, 4) is 49.1 Å². The van der Waals surface area contributed by atoms with Crippen LogP contribution in [-0.4, -0.2) is 141 Å². The van der Waals surface area contributed by atoms with Crippen molar-refractivity contribution in [1.29, 1.82) is 0 Å². The Bertz CT molecular complexity index is 4220. The number of alkyl carbamates (subject to hydrolysis) is 1. The molecule has 91 heavy (non-hydrogen) atoms. The SMILES string of the molecule is Cc1sc2nc1C(=O)N[C@@H]([C@H](O)c1ccccc1)c1nc(cs1)C(=O)NC(Cc1ccc(O)cc1)C(=O)N1C[C@H](OC(=O)NCCN3CCCC3)[C@H](C)[C@H]1c1nc(cs1)-c1nc(cs1)-c1nc(-c3nc(C(N)=O)cs3)ccc1-c1nc(cs1)C(=O)N[C@H]2CC(N)=O. The van der Waals surface area contributed by atoms with Gasteiger partial charge in [0.05, 0.1) is 30.7 Å². The summed E-state index contributed by atoms with van der Waals surface area (Å²) >= 11 is 6.86. The number of fused-ring (bicyclic) bond motifs is 16. The highest BCUT2D eigenvalue weighted by atomic mass is 32.1. The highest BCUT2D eigenvalue weighted by molar-refractivity contribution is 7.15. The van der Waals surface area contributed by atoms with Gasteiger partial charge in [0, 0.05) is 62.8 Å². The van der Waals surface area contributed by atoms with Gasteiger partial charge in [0.1, 0.15) is 99.9 Å². The maximum atomic E-state index is 15.7. The highest BCUT2D eigenvalue weighted by Gasteiger charge is 2.48. The molecule has 0 aliphatic carbocycles. The molecule has 3 aliphatic heterocycles. The van der Waals surface area contributed by atoms with E-state index in [1.807, 2.05) is 12.3 Å². The first-order chi connectivity index (χ1) is 43.9. The van der Waals surface area contributed by atoms with Crippen LogP contribution in [0.5, 0.6) is 5.75 Å². The van der Waals surface area contributed by atoms with Gasteiger partial charge in [-0.1, -0.05) is 49.4 Å². The molecule has 0 saturated carbocycles. The number of aromatic hydroxyl groups is 1.